The third-order valence-corrected chi connectivity index (χ3v) is 2.29. The third kappa shape index (κ3) is 1.76. The summed E-state index contributed by atoms with van der Waals surface area (Å²) in [7, 11) is 0. The zero-order valence-corrected chi connectivity index (χ0v) is 8.47. The van der Waals surface area contributed by atoms with Gasteiger partial charge < -0.3 is 5.11 Å². The van der Waals surface area contributed by atoms with Gasteiger partial charge in [-0.3, -0.25) is 0 Å². The molecule has 0 bridgehead atoms. The van der Waals surface area contributed by atoms with E-state index in [2.05, 4.69) is 0 Å². The fourth-order valence-electron chi connectivity index (χ4n) is 1.46. The highest BCUT2D eigenvalue weighted by molar-refractivity contribution is 5.79. The average Bonchev–Trinajstić information content (AvgIpc) is 2.02. The predicted molar refractivity (Wildman–Crippen MR) is 52.0 cm³/mol. The number of halogens is 1. The Labute approximate surface area is 82.4 Å². The highest BCUT2D eigenvalue weighted by Gasteiger charge is 2.36. The van der Waals surface area contributed by atoms with Gasteiger partial charge in [0.1, 0.15) is 0 Å². The SMILES string of the molecule is Cc1ccc(C(C)(F)C(=O)O)c(C)c1. The highest BCUT2D eigenvalue weighted by atomic mass is 19.1. The van der Waals surface area contributed by atoms with Gasteiger partial charge in [0.15, 0.2) is 0 Å². The van der Waals surface area contributed by atoms with E-state index in [0.717, 1.165) is 12.5 Å². The number of alkyl halides is 1. The first kappa shape index (κ1) is 10.7. The van der Waals surface area contributed by atoms with E-state index in [9.17, 15) is 9.18 Å². The molecule has 0 aliphatic rings. The van der Waals surface area contributed by atoms with E-state index in [1.165, 1.54) is 6.07 Å². The molecule has 1 N–H and O–H groups in total. The number of carboxylic acid groups (broad SMARTS) is 1. The van der Waals surface area contributed by atoms with Crippen LogP contribution in [0.25, 0.3) is 0 Å². The van der Waals surface area contributed by atoms with Crippen molar-refractivity contribution in [1.29, 1.82) is 0 Å². The minimum atomic E-state index is -2.31. The zero-order chi connectivity index (χ0) is 10.9. The van der Waals surface area contributed by atoms with E-state index in [1.54, 1.807) is 19.1 Å². The van der Waals surface area contributed by atoms with E-state index in [-0.39, 0.29) is 5.56 Å². The molecule has 0 fully saturated rings. The molecule has 0 saturated heterocycles. The van der Waals surface area contributed by atoms with Gasteiger partial charge in [0.05, 0.1) is 0 Å². The molecule has 1 aromatic rings. The Morgan fingerprint density at radius 1 is 1.43 bits per heavy atom. The first-order chi connectivity index (χ1) is 6.35. The summed E-state index contributed by atoms with van der Waals surface area (Å²) in [4.78, 5) is 10.7. The van der Waals surface area contributed by atoms with Crippen LogP contribution in [0.4, 0.5) is 4.39 Å². The summed E-state index contributed by atoms with van der Waals surface area (Å²) in [6.07, 6.45) is 0. The molecule has 0 aliphatic carbocycles. The Morgan fingerprint density at radius 3 is 2.43 bits per heavy atom. The second kappa shape index (κ2) is 3.40. The Kier molecular flexibility index (Phi) is 2.60. The maximum absolute atomic E-state index is 13.7. The first-order valence-corrected chi connectivity index (χ1v) is 4.35. The van der Waals surface area contributed by atoms with Gasteiger partial charge in [-0.25, -0.2) is 9.18 Å². The van der Waals surface area contributed by atoms with Gasteiger partial charge in [0.25, 0.3) is 0 Å². The van der Waals surface area contributed by atoms with Gasteiger partial charge in [0.2, 0.25) is 5.67 Å². The summed E-state index contributed by atoms with van der Waals surface area (Å²) >= 11 is 0. The molecule has 0 amide bonds. The minimum absolute atomic E-state index is 0.218. The standard InChI is InChI=1S/C11H13FO2/c1-7-4-5-9(8(2)6-7)11(3,12)10(13)14/h4-6H,1-3H3,(H,13,14). The Bertz CT molecular complexity index is 370. The van der Waals surface area contributed by atoms with Crippen LogP contribution in [0.15, 0.2) is 18.2 Å². The fourth-order valence-corrected chi connectivity index (χ4v) is 1.46. The lowest BCUT2D eigenvalue weighted by molar-refractivity contribution is -0.150. The zero-order valence-electron chi connectivity index (χ0n) is 8.47. The van der Waals surface area contributed by atoms with Crippen LogP contribution in [0.3, 0.4) is 0 Å². The molecule has 2 nitrogen and oxygen atoms in total. The monoisotopic (exact) mass is 196 g/mol. The van der Waals surface area contributed by atoms with Crippen LogP contribution in [-0.2, 0) is 10.5 Å². The van der Waals surface area contributed by atoms with Gasteiger partial charge >= 0.3 is 5.97 Å². The summed E-state index contributed by atoms with van der Waals surface area (Å²) in [5.41, 5.74) is -0.432. The van der Waals surface area contributed by atoms with Crippen LogP contribution in [0.2, 0.25) is 0 Å². The molecule has 0 spiro atoms. The number of aryl methyl sites for hydroxylation is 2. The molecule has 3 heteroatoms. The fraction of sp³-hybridized carbons (Fsp3) is 0.364. The summed E-state index contributed by atoms with van der Waals surface area (Å²) < 4.78 is 13.7. The van der Waals surface area contributed by atoms with Crippen LogP contribution in [0.1, 0.15) is 23.6 Å². The Hall–Kier alpha value is -1.38. The van der Waals surface area contributed by atoms with Gasteiger partial charge in [-0.1, -0.05) is 23.8 Å². The summed E-state index contributed by atoms with van der Waals surface area (Å²) in [6.45, 7) is 4.66. The normalized spacial score (nSPS) is 14.9. The lowest BCUT2D eigenvalue weighted by Crippen LogP contribution is -2.27. The minimum Gasteiger partial charge on any atom is -0.479 e. The quantitative estimate of drug-likeness (QED) is 0.789. The number of hydrogen-bond donors (Lipinski definition) is 1. The van der Waals surface area contributed by atoms with E-state index in [4.69, 9.17) is 5.11 Å². The number of benzene rings is 1. The molecule has 0 aromatic heterocycles. The third-order valence-electron chi connectivity index (χ3n) is 2.29. The van der Waals surface area contributed by atoms with Crippen LogP contribution in [0, 0.1) is 13.8 Å². The molecule has 1 atom stereocenters. The smallest absolute Gasteiger partial charge is 0.345 e. The molecule has 1 unspecified atom stereocenters. The van der Waals surface area contributed by atoms with Crippen LogP contribution < -0.4 is 0 Å². The predicted octanol–water partition coefficient (Wildman–Crippen LogP) is 2.57. The van der Waals surface area contributed by atoms with Crippen LogP contribution in [-0.4, -0.2) is 11.1 Å². The second-order valence-electron chi connectivity index (χ2n) is 3.63. The number of rotatable bonds is 2. The second-order valence-corrected chi connectivity index (χ2v) is 3.63. The topological polar surface area (TPSA) is 37.3 Å². The molecule has 0 aliphatic heterocycles. The van der Waals surface area contributed by atoms with Crippen molar-refractivity contribution in [3.8, 4) is 0 Å². The molecule has 1 aromatic carbocycles. The van der Waals surface area contributed by atoms with Gasteiger partial charge in [0, 0.05) is 5.56 Å². The molecule has 0 heterocycles. The van der Waals surface area contributed by atoms with Crippen molar-refractivity contribution in [1.82, 2.24) is 0 Å². The number of hydrogen-bond acceptors (Lipinski definition) is 1. The van der Waals surface area contributed by atoms with E-state index in [0.29, 0.717) is 5.56 Å². The van der Waals surface area contributed by atoms with Crippen molar-refractivity contribution in [3.63, 3.8) is 0 Å². The number of aliphatic carboxylic acids is 1. The molecular formula is C11H13FO2. The van der Waals surface area contributed by atoms with E-state index < -0.39 is 11.6 Å². The molecule has 1 rings (SSSR count). The van der Waals surface area contributed by atoms with Crippen molar-refractivity contribution in [3.05, 3.63) is 34.9 Å². The molecule has 14 heavy (non-hydrogen) atoms. The van der Waals surface area contributed by atoms with Crippen molar-refractivity contribution in [2.45, 2.75) is 26.4 Å². The molecular weight excluding hydrogens is 183 g/mol. The van der Waals surface area contributed by atoms with Gasteiger partial charge in [-0.2, -0.15) is 0 Å². The molecule has 0 saturated carbocycles. The van der Waals surface area contributed by atoms with Crippen molar-refractivity contribution in [2.75, 3.05) is 0 Å². The first-order valence-electron chi connectivity index (χ1n) is 4.35. The maximum Gasteiger partial charge on any atom is 0.345 e. The number of carbonyl (C=O) groups is 1. The summed E-state index contributed by atoms with van der Waals surface area (Å²) in [5.74, 6) is -1.45. The van der Waals surface area contributed by atoms with Gasteiger partial charge in [-0.05, 0) is 26.3 Å². The lowest BCUT2D eigenvalue weighted by atomic mass is 9.92. The highest BCUT2D eigenvalue weighted by Crippen LogP contribution is 2.28. The van der Waals surface area contributed by atoms with Crippen LogP contribution >= 0.6 is 0 Å². The number of carboxylic acids is 1. The van der Waals surface area contributed by atoms with Crippen molar-refractivity contribution in [2.24, 2.45) is 0 Å². The van der Waals surface area contributed by atoms with Crippen molar-refractivity contribution >= 4 is 5.97 Å². The summed E-state index contributed by atoms with van der Waals surface area (Å²) in [6, 6.07) is 5.01. The Balaban J connectivity index is 3.26. The van der Waals surface area contributed by atoms with Gasteiger partial charge in [-0.15, -0.1) is 0 Å². The molecule has 0 radical (unpaired) electrons. The van der Waals surface area contributed by atoms with E-state index in [1.807, 2.05) is 6.92 Å². The largest absolute Gasteiger partial charge is 0.479 e. The maximum atomic E-state index is 13.7. The van der Waals surface area contributed by atoms with Crippen molar-refractivity contribution < 1.29 is 14.3 Å². The van der Waals surface area contributed by atoms with E-state index >= 15 is 0 Å². The molecule has 76 valence electrons. The van der Waals surface area contributed by atoms with Crippen LogP contribution in [0.5, 0.6) is 0 Å². The Morgan fingerprint density at radius 2 is 2.00 bits per heavy atom. The lowest BCUT2D eigenvalue weighted by Gasteiger charge is -2.18. The summed E-state index contributed by atoms with van der Waals surface area (Å²) in [5, 5.41) is 8.71. The average molecular weight is 196 g/mol.